The molecule has 0 amide bonds. The molecule has 0 bridgehead atoms. The summed E-state index contributed by atoms with van der Waals surface area (Å²) in [6, 6.07) is -0.107. The van der Waals surface area contributed by atoms with E-state index >= 15 is 0 Å². The highest BCUT2D eigenvalue weighted by atomic mass is 16.5. The average molecular weight is 241 g/mol. The Morgan fingerprint density at radius 3 is 2.53 bits per heavy atom. The molecule has 0 aliphatic rings. The Morgan fingerprint density at radius 2 is 2.06 bits per heavy atom. The number of hydrogen-bond donors (Lipinski definition) is 4. The fourth-order valence-electron chi connectivity index (χ4n) is 1.37. The van der Waals surface area contributed by atoms with Gasteiger partial charge in [-0.15, -0.1) is 0 Å². The molecule has 0 spiro atoms. The quantitative estimate of drug-likeness (QED) is 0.416. The van der Waals surface area contributed by atoms with Gasteiger partial charge in [-0.2, -0.15) is 0 Å². The molecular weight excluding hydrogens is 222 g/mol. The van der Waals surface area contributed by atoms with E-state index in [1.54, 1.807) is 0 Å². The molecule has 0 aromatic carbocycles. The van der Waals surface area contributed by atoms with E-state index in [4.69, 9.17) is 10.6 Å². The predicted molar refractivity (Wildman–Crippen MR) is 65.7 cm³/mol. The third-order valence-electron chi connectivity index (χ3n) is 2.47. The van der Waals surface area contributed by atoms with Gasteiger partial charge in [-0.3, -0.25) is 0 Å². The third-order valence-corrected chi connectivity index (χ3v) is 2.47. The molecule has 1 heterocycles. The molecule has 1 aromatic rings. The predicted octanol–water partition coefficient (Wildman–Crippen LogP) is 0.200. The second-order valence-electron chi connectivity index (χ2n) is 3.93. The summed E-state index contributed by atoms with van der Waals surface area (Å²) < 4.78 is 5.18. The first-order chi connectivity index (χ1) is 8.13. The van der Waals surface area contributed by atoms with Crippen LogP contribution in [0.5, 0.6) is 5.75 Å². The fraction of sp³-hybridized carbons (Fsp3) is 0.600. The van der Waals surface area contributed by atoms with Crippen molar-refractivity contribution in [3.05, 3.63) is 6.33 Å². The van der Waals surface area contributed by atoms with Crippen molar-refractivity contribution < 1.29 is 9.84 Å². The van der Waals surface area contributed by atoms with Crippen LogP contribution in [0.4, 0.5) is 11.6 Å². The fourth-order valence-corrected chi connectivity index (χ4v) is 1.37. The highest BCUT2D eigenvalue weighted by molar-refractivity contribution is 5.63. The number of nitrogens with zero attached hydrogens (tertiary/aromatic N) is 2. The van der Waals surface area contributed by atoms with Gasteiger partial charge in [0.05, 0.1) is 19.8 Å². The lowest BCUT2D eigenvalue weighted by molar-refractivity contribution is 0.248. The minimum atomic E-state index is -0.107. The second-order valence-corrected chi connectivity index (χ2v) is 3.93. The first-order valence-electron chi connectivity index (χ1n) is 5.37. The molecule has 1 rings (SSSR count). The standard InChI is InChI=1S/C10H19N5O2/c1-6(2)7(4-16)14-9-8(17-3)10(15-11)13-5-12-9/h5-7,16H,4,11H2,1-3H3,(H2,12,13,14,15). The van der Waals surface area contributed by atoms with Crippen LogP contribution in [0, 0.1) is 5.92 Å². The number of aliphatic hydroxyl groups excluding tert-OH is 1. The summed E-state index contributed by atoms with van der Waals surface area (Å²) in [6.45, 7) is 4.02. The Kier molecular flexibility index (Phi) is 4.92. The minimum Gasteiger partial charge on any atom is -0.490 e. The van der Waals surface area contributed by atoms with Crippen molar-refractivity contribution in [2.45, 2.75) is 19.9 Å². The SMILES string of the molecule is COc1c(NN)ncnc1NC(CO)C(C)C. The van der Waals surface area contributed by atoms with E-state index in [-0.39, 0.29) is 18.6 Å². The molecule has 0 aliphatic heterocycles. The summed E-state index contributed by atoms with van der Waals surface area (Å²) in [5.41, 5.74) is 2.43. The van der Waals surface area contributed by atoms with Crippen LogP contribution < -0.4 is 21.3 Å². The zero-order valence-electron chi connectivity index (χ0n) is 10.3. The van der Waals surface area contributed by atoms with E-state index < -0.39 is 0 Å². The maximum atomic E-state index is 9.26. The smallest absolute Gasteiger partial charge is 0.205 e. The van der Waals surface area contributed by atoms with Crippen LogP contribution in [0.1, 0.15) is 13.8 Å². The molecule has 0 saturated carbocycles. The van der Waals surface area contributed by atoms with Gasteiger partial charge in [-0.25, -0.2) is 15.8 Å². The van der Waals surface area contributed by atoms with Gasteiger partial charge in [0.15, 0.2) is 11.6 Å². The van der Waals surface area contributed by atoms with Crippen molar-refractivity contribution in [2.24, 2.45) is 11.8 Å². The van der Waals surface area contributed by atoms with E-state index in [2.05, 4.69) is 20.7 Å². The number of nitrogens with two attached hydrogens (primary N) is 1. The number of aromatic nitrogens is 2. The molecule has 0 saturated heterocycles. The van der Waals surface area contributed by atoms with Crippen molar-refractivity contribution in [2.75, 3.05) is 24.5 Å². The van der Waals surface area contributed by atoms with Crippen molar-refractivity contribution >= 4 is 11.6 Å². The van der Waals surface area contributed by atoms with Crippen LogP contribution in [0.25, 0.3) is 0 Å². The number of hydrazine groups is 1. The number of anilines is 2. The zero-order chi connectivity index (χ0) is 12.8. The second kappa shape index (κ2) is 6.21. The number of rotatable bonds is 6. The highest BCUT2D eigenvalue weighted by Crippen LogP contribution is 2.29. The van der Waals surface area contributed by atoms with E-state index in [1.165, 1.54) is 13.4 Å². The van der Waals surface area contributed by atoms with Gasteiger partial charge < -0.3 is 20.6 Å². The number of nitrogen functional groups attached to an aromatic ring is 1. The van der Waals surface area contributed by atoms with E-state index in [1.807, 2.05) is 13.8 Å². The molecular formula is C10H19N5O2. The molecule has 5 N–H and O–H groups in total. The van der Waals surface area contributed by atoms with Gasteiger partial charge >= 0.3 is 0 Å². The van der Waals surface area contributed by atoms with Crippen molar-refractivity contribution in [1.29, 1.82) is 0 Å². The van der Waals surface area contributed by atoms with Gasteiger partial charge in [0.2, 0.25) is 5.75 Å². The lowest BCUT2D eigenvalue weighted by Crippen LogP contribution is -2.30. The normalized spacial score (nSPS) is 12.4. The van der Waals surface area contributed by atoms with Gasteiger partial charge in [0, 0.05) is 0 Å². The summed E-state index contributed by atoms with van der Waals surface area (Å²) in [6.07, 6.45) is 1.37. The van der Waals surface area contributed by atoms with Crippen LogP contribution in [0.15, 0.2) is 6.33 Å². The molecule has 1 aromatic heterocycles. The average Bonchev–Trinajstić information content (AvgIpc) is 2.34. The van der Waals surface area contributed by atoms with E-state index in [0.717, 1.165) is 0 Å². The maximum Gasteiger partial charge on any atom is 0.205 e. The Balaban J connectivity index is 2.97. The van der Waals surface area contributed by atoms with E-state index in [0.29, 0.717) is 17.4 Å². The number of ether oxygens (including phenoxy) is 1. The number of hydrogen-bond acceptors (Lipinski definition) is 7. The molecule has 0 aliphatic carbocycles. The Hall–Kier alpha value is -1.60. The number of aliphatic hydroxyl groups is 1. The Morgan fingerprint density at radius 1 is 1.41 bits per heavy atom. The summed E-state index contributed by atoms with van der Waals surface area (Å²) in [5.74, 6) is 6.90. The molecule has 96 valence electrons. The van der Waals surface area contributed by atoms with Crippen molar-refractivity contribution in [3.63, 3.8) is 0 Å². The zero-order valence-corrected chi connectivity index (χ0v) is 10.3. The molecule has 0 fully saturated rings. The van der Waals surface area contributed by atoms with Crippen molar-refractivity contribution in [3.8, 4) is 5.75 Å². The van der Waals surface area contributed by atoms with Gasteiger partial charge in [0.25, 0.3) is 0 Å². The number of methoxy groups -OCH3 is 1. The van der Waals surface area contributed by atoms with Gasteiger partial charge in [-0.1, -0.05) is 13.8 Å². The van der Waals surface area contributed by atoms with Crippen molar-refractivity contribution in [1.82, 2.24) is 9.97 Å². The molecule has 7 heteroatoms. The Bertz CT molecular complexity index is 359. The lowest BCUT2D eigenvalue weighted by atomic mass is 10.1. The molecule has 0 radical (unpaired) electrons. The minimum absolute atomic E-state index is 0.0101. The Labute approximate surface area is 100 Å². The van der Waals surface area contributed by atoms with Crippen LogP contribution in [-0.2, 0) is 0 Å². The third kappa shape index (κ3) is 3.18. The van der Waals surface area contributed by atoms with Gasteiger partial charge in [0.1, 0.15) is 6.33 Å². The molecule has 7 nitrogen and oxygen atoms in total. The largest absolute Gasteiger partial charge is 0.490 e. The van der Waals surface area contributed by atoms with E-state index in [9.17, 15) is 5.11 Å². The summed E-state index contributed by atoms with van der Waals surface area (Å²) in [4.78, 5) is 8.01. The van der Waals surface area contributed by atoms with Crippen LogP contribution in [0.2, 0.25) is 0 Å². The first-order valence-corrected chi connectivity index (χ1v) is 5.37. The monoisotopic (exact) mass is 241 g/mol. The van der Waals surface area contributed by atoms with Crippen LogP contribution in [-0.4, -0.2) is 34.8 Å². The van der Waals surface area contributed by atoms with Gasteiger partial charge in [-0.05, 0) is 5.92 Å². The molecule has 17 heavy (non-hydrogen) atoms. The molecule has 1 atom stereocenters. The maximum absolute atomic E-state index is 9.26. The summed E-state index contributed by atoms with van der Waals surface area (Å²) in [7, 11) is 1.51. The number of nitrogens with one attached hydrogen (secondary N) is 2. The van der Waals surface area contributed by atoms with Crippen LogP contribution in [0.3, 0.4) is 0 Å². The highest BCUT2D eigenvalue weighted by Gasteiger charge is 2.17. The summed E-state index contributed by atoms with van der Waals surface area (Å²) in [5, 5.41) is 12.4. The summed E-state index contributed by atoms with van der Waals surface area (Å²) >= 11 is 0. The topological polar surface area (TPSA) is 105 Å². The lowest BCUT2D eigenvalue weighted by Gasteiger charge is -2.22. The van der Waals surface area contributed by atoms with Crippen LogP contribution >= 0.6 is 0 Å². The first kappa shape index (κ1) is 13.5. The molecule has 1 unspecified atom stereocenters.